The minimum Gasteiger partial charge on any atom is -0.475 e. The van der Waals surface area contributed by atoms with Gasteiger partial charge < -0.3 is 9.47 Å². The Morgan fingerprint density at radius 1 is 1.30 bits per heavy atom. The Hall–Kier alpha value is -3.26. The average Bonchev–Trinajstić information content (AvgIpc) is 3.45. The standard InChI is InChI=1S/C25H30N4O4/c1-6-19-12-22(28(27-19)20-9-10-32-14-20)21-8-7-18(11-23(21)29(30)31)24-16(4)13-26-25(17(24)5)33-15(2)3/h7-8,11-13,15,20H,6,9-10,14H2,1-5H3/t20-/m0/s1. The van der Waals surface area contributed by atoms with Gasteiger partial charge in [-0.3, -0.25) is 14.8 Å². The highest BCUT2D eigenvalue weighted by molar-refractivity contribution is 5.80. The van der Waals surface area contributed by atoms with Gasteiger partial charge in [-0.05, 0) is 69.4 Å². The van der Waals surface area contributed by atoms with Crippen molar-refractivity contribution in [2.75, 3.05) is 13.2 Å². The fraction of sp³-hybridized carbons (Fsp3) is 0.440. The van der Waals surface area contributed by atoms with Crippen LogP contribution < -0.4 is 4.74 Å². The molecular formula is C25H30N4O4. The molecule has 0 unspecified atom stereocenters. The Bertz CT molecular complexity index is 1180. The Kier molecular flexibility index (Phi) is 6.47. The highest BCUT2D eigenvalue weighted by atomic mass is 16.6. The second-order valence-corrected chi connectivity index (χ2v) is 8.74. The molecule has 1 aromatic carbocycles. The fourth-order valence-corrected chi connectivity index (χ4v) is 4.37. The first-order chi connectivity index (χ1) is 15.8. The number of rotatable bonds is 7. The normalized spacial score (nSPS) is 15.9. The molecule has 0 saturated carbocycles. The van der Waals surface area contributed by atoms with Crippen LogP contribution in [0.15, 0.2) is 30.5 Å². The first-order valence-electron chi connectivity index (χ1n) is 11.4. The summed E-state index contributed by atoms with van der Waals surface area (Å²) in [5.74, 6) is 0.546. The maximum absolute atomic E-state index is 12.2. The van der Waals surface area contributed by atoms with Crippen molar-refractivity contribution in [1.82, 2.24) is 14.8 Å². The van der Waals surface area contributed by atoms with Gasteiger partial charge >= 0.3 is 0 Å². The Labute approximate surface area is 193 Å². The highest BCUT2D eigenvalue weighted by Gasteiger charge is 2.27. The number of aromatic nitrogens is 3. The molecule has 3 aromatic rings. The van der Waals surface area contributed by atoms with Crippen molar-refractivity contribution in [1.29, 1.82) is 0 Å². The van der Waals surface area contributed by atoms with Gasteiger partial charge in [0.05, 0.1) is 40.6 Å². The smallest absolute Gasteiger partial charge is 0.279 e. The van der Waals surface area contributed by atoms with Gasteiger partial charge in [0.2, 0.25) is 5.88 Å². The van der Waals surface area contributed by atoms with Crippen LogP contribution in [0.5, 0.6) is 5.88 Å². The Balaban J connectivity index is 1.85. The molecule has 0 N–H and O–H groups in total. The number of hydrogen-bond acceptors (Lipinski definition) is 6. The zero-order valence-corrected chi connectivity index (χ0v) is 19.8. The van der Waals surface area contributed by atoms with Gasteiger partial charge in [0.15, 0.2) is 0 Å². The lowest BCUT2D eigenvalue weighted by molar-refractivity contribution is -0.384. The molecule has 1 saturated heterocycles. The minimum atomic E-state index is -0.315. The summed E-state index contributed by atoms with van der Waals surface area (Å²) >= 11 is 0. The lowest BCUT2D eigenvalue weighted by Gasteiger charge is -2.17. The van der Waals surface area contributed by atoms with Crippen molar-refractivity contribution in [3.8, 4) is 28.3 Å². The van der Waals surface area contributed by atoms with Crippen molar-refractivity contribution >= 4 is 5.69 Å². The molecule has 8 nitrogen and oxygen atoms in total. The van der Waals surface area contributed by atoms with Gasteiger partial charge in [0.25, 0.3) is 5.69 Å². The molecule has 4 rings (SSSR count). The number of benzene rings is 1. The van der Waals surface area contributed by atoms with Crippen LogP contribution in [0.1, 0.15) is 50.1 Å². The van der Waals surface area contributed by atoms with Crippen molar-refractivity contribution in [3.05, 3.63) is 57.4 Å². The number of ether oxygens (including phenoxy) is 2. The van der Waals surface area contributed by atoms with E-state index in [9.17, 15) is 10.1 Å². The van der Waals surface area contributed by atoms with E-state index in [1.165, 1.54) is 0 Å². The van der Waals surface area contributed by atoms with Crippen LogP contribution in [-0.2, 0) is 11.2 Å². The first-order valence-corrected chi connectivity index (χ1v) is 11.4. The summed E-state index contributed by atoms with van der Waals surface area (Å²) in [6.45, 7) is 11.1. The van der Waals surface area contributed by atoms with E-state index in [1.807, 2.05) is 57.5 Å². The molecule has 1 aliphatic rings. The van der Waals surface area contributed by atoms with Crippen molar-refractivity contribution in [2.45, 2.75) is 59.6 Å². The summed E-state index contributed by atoms with van der Waals surface area (Å²) in [6, 6.07) is 7.46. The zero-order valence-electron chi connectivity index (χ0n) is 19.8. The van der Waals surface area contributed by atoms with Gasteiger partial charge in [-0.25, -0.2) is 4.98 Å². The van der Waals surface area contributed by atoms with E-state index in [0.717, 1.165) is 46.5 Å². The number of nitro groups is 1. The predicted octanol–water partition coefficient (Wildman–Crippen LogP) is 5.45. The van der Waals surface area contributed by atoms with E-state index in [4.69, 9.17) is 14.6 Å². The molecule has 0 spiro atoms. The molecule has 0 aliphatic carbocycles. The van der Waals surface area contributed by atoms with E-state index in [-0.39, 0.29) is 22.8 Å². The summed E-state index contributed by atoms with van der Waals surface area (Å²) < 4.78 is 13.3. The minimum absolute atomic E-state index is 0.0175. The van der Waals surface area contributed by atoms with Crippen LogP contribution in [0, 0.1) is 24.0 Å². The van der Waals surface area contributed by atoms with E-state index < -0.39 is 0 Å². The zero-order chi connectivity index (χ0) is 23.7. The van der Waals surface area contributed by atoms with Gasteiger partial charge in [0.1, 0.15) is 0 Å². The molecular weight excluding hydrogens is 420 g/mol. The molecule has 33 heavy (non-hydrogen) atoms. The van der Waals surface area contributed by atoms with Gasteiger partial charge in [-0.1, -0.05) is 13.0 Å². The monoisotopic (exact) mass is 450 g/mol. The summed E-state index contributed by atoms with van der Waals surface area (Å²) in [5, 5.41) is 16.9. The second kappa shape index (κ2) is 9.31. The number of nitrogens with zero attached hydrogens (tertiary/aromatic N) is 4. The molecule has 2 aromatic heterocycles. The largest absolute Gasteiger partial charge is 0.475 e. The molecule has 0 amide bonds. The van der Waals surface area contributed by atoms with Crippen molar-refractivity contribution in [2.24, 2.45) is 0 Å². The lowest BCUT2D eigenvalue weighted by atomic mass is 9.95. The molecule has 8 heteroatoms. The maximum atomic E-state index is 12.2. The van der Waals surface area contributed by atoms with E-state index >= 15 is 0 Å². The molecule has 3 heterocycles. The second-order valence-electron chi connectivity index (χ2n) is 8.74. The molecule has 174 valence electrons. The Morgan fingerprint density at radius 2 is 2.09 bits per heavy atom. The molecule has 0 bridgehead atoms. The van der Waals surface area contributed by atoms with Crippen LogP contribution in [0.3, 0.4) is 0 Å². The number of hydrogen-bond donors (Lipinski definition) is 0. The average molecular weight is 451 g/mol. The fourth-order valence-electron chi connectivity index (χ4n) is 4.37. The number of aryl methyl sites for hydroxylation is 2. The molecule has 1 fully saturated rings. The predicted molar refractivity (Wildman–Crippen MR) is 127 cm³/mol. The quantitative estimate of drug-likeness (QED) is 0.351. The van der Waals surface area contributed by atoms with Crippen LogP contribution >= 0.6 is 0 Å². The van der Waals surface area contributed by atoms with Crippen molar-refractivity contribution in [3.63, 3.8) is 0 Å². The summed E-state index contributed by atoms with van der Waals surface area (Å²) in [4.78, 5) is 16.3. The SMILES string of the molecule is CCc1cc(-c2ccc(-c3c(C)cnc(OC(C)C)c3C)cc2[N+](=O)[O-])n([C@H]2CCOC2)n1. The van der Waals surface area contributed by atoms with Crippen LogP contribution in [-0.4, -0.2) is 39.0 Å². The maximum Gasteiger partial charge on any atom is 0.279 e. The summed E-state index contributed by atoms with van der Waals surface area (Å²) in [6.07, 6.45) is 3.34. The molecule has 1 aliphatic heterocycles. The Morgan fingerprint density at radius 3 is 2.73 bits per heavy atom. The van der Waals surface area contributed by atoms with Crippen molar-refractivity contribution < 1.29 is 14.4 Å². The topological polar surface area (TPSA) is 92.3 Å². The van der Waals surface area contributed by atoms with Crippen LogP contribution in [0.25, 0.3) is 22.4 Å². The van der Waals surface area contributed by atoms with Gasteiger partial charge in [-0.15, -0.1) is 0 Å². The lowest BCUT2D eigenvalue weighted by Crippen LogP contribution is -2.12. The van der Waals surface area contributed by atoms with E-state index in [1.54, 1.807) is 12.3 Å². The summed E-state index contributed by atoms with van der Waals surface area (Å²) in [7, 11) is 0. The number of nitro benzene ring substituents is 1. The summed E-state index contributed by atoms with van der Waals surface area (Å²) in [5.41, 5.74) is 5.76. The van der Waals surface area contributed by atoms with Gasteiger partial charge in [-0.2, -0.15) is 5.10 Å². The van der Waals surface area contributed by atoms with E-state index in [2.05, 4.69) is 4.98 Å². The van der Waals surface area contributed by atoms with E-state index in [0.29, 0.717) is 24.7 Å². The first kappa shape index (κ1) is 22.9. The number of pyridine rings is 1. The van der Waals surface area contributed by atoms with Crippen LogP contribution in [0.2, 0.25) is 0 Å². The molecule has 1 atom stereocenters. The third-order valence-electron chi connectivity index (χ3n) is 5.97. The van der Waals surface area contributed by atoms with Gasteiger partial charge in [0, 0.05) is 24.4 Å². The highest BCUT2D eigenvalue weighted by Crippen LogP contribution is 2.39. The van der Waals surface area contributed by atoms with Crippen LogP contribution in [0.4, 0.5) is 5.69 Å². The third-order valence-corrected chi connectivity index (χ3v) is 5.97. The molecule has 0 radical (unpaired) electrons. The third kappa shape index (κ3) is 4.48.